The van der Waals surface area contributed by atoms with E-state index in [4.69, 9.17) is 5.73 Å². The van der Waals surface area contributed by atoms with E-state index in [-0.39, 0.29) is 30.0 Å². The largest absolute Gasteiger partial charge is 0.506 e. The van der Waals surface area contributed by atoms with E-state index in [2.05, 4.69) is 4.98 Å². The number of aromatic nitrogens is 1. The van der Waals surface area contributed by atoms with Gasteiger partial charge in [0.2, 0.25) is 5.91 Å². The molecule has 0 spiro atoms. The zero-order valence-corrected chi connectivity index (χ0v) is 15.4. The summed E-state index contributed by atoms with van der Waals surface area (Å²) in [4.78, 5) is 15.7. The molecular weight excluding hydrogens is 352 g/mol. The van der Waals surface area contributed by atoms with E-state index < -0.39 is 5.60 Å². The van der Waals surface area contributed by atoms with E-state index in [1.54, 1.807) is 12.1 Å². The van der Waals surface area contributed by atoms with E-state index in [1.165, 1.54) is 6.20 Å². The number of hydrogen-bond acceptors (Lipinski definition) is 4. The van der Waals surface area contributed by atoms with Crippen molar-refractivity contribution in [2.45, 2.75) is 43.6 Å². The molecule has 1 aromatic heterocycles. The molecule has 5 nitrogen and oxygen atoms in total. The van der Waals surface area contributed by atoms with Crippen molar-refractivity contribution in [1.29, 1.82) is 0 Å². The average Bonchev–Trinajstić information content (AvgIpc) is 2.62. The van der Waals surface area contributed by atoms with Crippen molar-refractivity contribution in [3.63, 3.8) is 0 Å². The molecule has 4 N–H and O–H groups in total. The van der Waals surface area contributed by atoms with Crippen molar-refractivity contribution in [1.82, 2.24) is 4.98 Å². The number of rotatable bonds is 5. The summed E-state index contributed by atoms with van der Waals surface area (Å²) in [5.74, 6) is 0.171. The Bertz CT molecular complexity index is 714. The molecule has 0 aliphatic heterocycles. The number of carbonyl (C=O) groups is 1. The van der Waals surface area contributed by atoms with E-state index >= 15 is 0 Å². The number of aliphatic hydroxyl groups is 1. The molecule has 1 atom stereocenters. The van der Waals surface area contributed by atoms with Gasteiger partial charge in [-0.25, -0.2) is 0 Å². The van der Waals surface area contributed by atoms with Gasteiger partial charge in [-0.3, -0.25) is 9.78 Å². The number of nitrogens with two attached hydrogens (primary N) is 1. The number of primary amides is 1. The smallest absolute Gasteiger partial charge is 0.218 e. The summed E-state index contributed by atoms with van der Waals surface area (Å²) in [6.07, 6.45) is 4.44. The number of halogens is 1. The highest BCUT2D eigenvalue weighted by atomic mass is 35.5. The Morgan fingerprint density at radius 3 is 2.38 bits per heavy atom. The quantitative estimate of drug-likeness (QED) is 0.746. The van der Waals surface area contributed by atoms with Gasteiger partial charge in [-0.15, -0.1) is 12.4 Å². The summed E-state index contributed by atoms with van der Waals surface area (Å²) in [6.45, 7) is 0. The SMILES string of the molecule is Cl.NC(=O)CC(c1ccccc1)C1CCC(O)(c2ccc(O)cn2)CC1. The maximum Gasteiger partial charge on any atom is 0.218 e. The number of pyridine rings is 1. The molecule has 1 saturated carbocycles. The molecule has 1 aliphatic rings. The van der Waals surface area contributed by atoms with E-state index in [9.17, 15) is 15.0 Å². The minimum Gasteiger partial charge on any atom is -0.506 e. The second kappa shape index (κ2) is 8.52. The number of carbonyl (C=O) groups excluding carboxylic acids is 1. The second-order valence-corrected chi connectivity index (χ2v) is 6.96. The number of benzene rings is 1. The third-order valence-electron chi connectivity index (χ3n) is 5.30. The minimum absolute atomic E-state index is 0. The first kappa shape index (κ1) is 20.2. The standard InChI is InChI=1S/C20H24N2O3.ClH/c21-19(24)12-17(14-4-2-1-3-5-14)15-8-10-20(25,11-9-15)18-7-6-16(23)13-22-18;/h1-7,13,15,17,23,25H,8-12H2,(H2,21,24);1H. The summed E-state index contributed by atoms with van der Waals surface area (Å²) in [5, 5.41) is 20.3. The highest BCUT2D eigenvalue weighted by molar-refractivity contribution is 5.85. The Hall–Kier alpha value is -2.11. The van der Waals surface area contributed by atoms with Crippen LogP contribution in [-0.4, -0.2) is 21.1 Å². The van der Waals surface area contributed by atoms with Crippen LogP contribution >= 0.6 is 12.4 Å². The molecule has 26 heavy (non-hydrogen) atoms. The van der Waals surface area contributed by atoms with Crippen molar-refractivity contribution < 1.29 is 15.0 Å². The second-order valence-electron chi connectivity index (χ2n) is 6.96. The molecule has 6 heteroatoms. The van der Waals surface area contributed by atoms with Crippen LogP contribution in [-0.2, 0) is 10.4 Å². The summed E-state index contributed by atoms with van der Waals surface area (Å²) in [6, 6.07) is 13.2. The molecule has 1 amide bonds. The van der Waals surface area contributed by atoms with Gasteiger partial charge in [0.1, 0.15) is 11.4 Å². The molecular formula is C20H25ClN2O3. The van der Waals surface area contributed by atoms with Gasteiger partial charge >= 0.3 is 0 Å². The zero-order chi connectivity index (χ0) is 17.9. The highest BCUT2D eigenvalue weighted by Crippen LogP contribution is 2.44. The lowest BCUT2D eigenvalue weighted by Crippen LogP contribution is -2.34. The van der Waals surface area contributed by atoms with Crippen LogP contribution in [0.4, 0.5) is 0 Å². The van der Waals surface area contributed by atoms with Gasteiger partial charge in [0.25, 0.3) is 0 Å². The predicted octanol–water partition coefficient (Wildman–Crippen LogP) is 3.25. The van der Waals surface area contributed by atoms with Gasteiger partial charge in [0.15, 0.2) is 0 Å². The number of aromatic hydroxyl groups is 1. The van der Waals surface area contributed by atoms with Crippen LogP contribution in [0, 0.1) is 5.92 Å². The fourth-order valence-corrected chi connectivity index (χ4v) is 3.91. The van der Waals surface area contributed by atoms with Crippen LogP contribution in [0.1, 0.15) is 49.3 Å². The van der Waals surface area contributed by atoms with Crippen LogP contribution in [0.2, 0.25) is 0 Å². The first-order valence-corrected chi connectivity index (χ1v) is 8.69. The summed E-state index contributed by atoms with van der Waals surface area (Å²) < 4.78 is 0. The summed E-state index contributed by atoms with van der Waals surface area (Å²) in [5.41, 5.74) is 6.22. The highest BCUT2D eigenvalue weighted by Gasteiger charge is 2.38. The lowest BCUT2D eigenvalue weighted by Gasteiger charge is -2.38. The maximum atomic E-state index is 11.5. The van der Waals surface area contributed by atoms with Crippen LogP contribution < -0.4 is 5.73 Å². The monoisotopic (exact) mass is 376 g/mol. The normalized spacial score (nSPS) is 23.7. The molecule has 3 rings (SSSR count). The molecule has 140 valence electrons. The molecule has 0 saturated heterocycles. The van der Waals surface area contributed by atoms with Crippen molar-refractivity contribution >= 4 is 18.3 Å². The average molecular weight is 377 g/mol. The molecule has 0 radical (unpaired) electrons. The van der Waals surface area contributed by atoms with Gasteiger partial charge in [-0.2, -0.15) is 0 Å². The maximum absolute atomic E-state index is 11.5. The first-order chi connectivity index (χ1) is 12.0. The van der Waals surface area contributed by atoms with E-state index in [1.807, 2.05) is 30.3 Å². The van der Waals surface area contributed by atoms with Gasteiger partial charge in [0, 0.05) is 6.42 Å². The zero-order valence-electron chi connectivity index (χ0n) is 14.5. The van der Waals surface area contributed by atoms with E-state index in [0.29, 0.717) is 30.9 Å². The Morgan fingerprint density at radius 1 is 1.19 bits per heavy atom. The number of amides is 1. The predicted molar refractivity (Wildman–Crippen MR) is 102 cm³/mol. The minimum atomic E-state index is -0.974. The Morgan fingerprint density at radius 2 is 1.85 bits per heavy atom. The lowest BCUT2D eigenvalue weighted by atomic mass is 9.70. The number of nitrogens with zero attached hydrogens (tertiary/aromatic N) is 1. The van der Waals surface area contributed by atoms with Gasteiger partial charge < -0.3 is 15.9 Å². The molecule has 1 fully saturated rings. The van der Waals surface area contributed by atoms with Crippen molar-refractivity contribution in [2.75, 3.05) is 0 Å². The Balaban J connectivity index is 0.00000243. The van der Waals surface area contributed by atoms with Crippen LogP contribution in [0.15, 0.2) is 48.7 Å². The lowest BCUT2D eigenvalue weighted by molar-refractivity contribution is -0.118. The van der Waals surface area contributed by atoms with Gasteiger partial charge in [0.05, 0.1) is 11.9 Å². The Labute approximate surface area is 159 Å². The fourth-order valence-electron chi connectivity index (χ4n) is 3.91. The van der Waals surface area contributed by atoms with E-state index in [0.717, 1.165) is 18.4 Å². The molecule has 2 aromatic rings. The molecule has 1 heterocycles. The molecule has 0 bridgehead atoms. The van der Waals surface area contributed by atoms with Gasteiger partial charge in [-0.05, 0) is 55.2 Å². The fraction of sp³-hybridized carbons (Fsp3) is 0.400. The molecule has 1 aromatic carbocycles. The molecule has 1 unspecified atom stereocenters. The van der Waals surface area contributed by atoms with Crippen molar-refractivity contribution in [3.05, 3.63) is 59.9 Å². The number of hydrogen-bond donors (Lipinski definition) is 3. The summed E-state index contributed by atoms with van der Waals surface area (Å²) in [7, 11) is 0. The van der Waals surface area contributed by atoms with Crippen molar-refractivity contribution in [3.8, 4) is 5.75 Å². The Kier molecular flexibility index (Phi) is 6.62. The van der Waals surface area contributed by atoms with Crippen LogP contribution in [0.5, 0.6) is 5.75 Å². The third-order valence-corrected chi connectivity index (χ3v) is 5.30. The topological polar surface area (TPSA) is 96.4 Å². The third kappa shape index (κ3) is 4.54. The van der Waals surface area contributed by atoms with Crippen LogP contribution in [0.25, 0.3) is 0 Å². The van der Waals surface area contributed by atoms with Crippen molar-refractivity contribution in [2.24, 2.45) is 11.7 Å². The molecule has 1 aliphatic carbocycles. The summed E-state index contributed by atoms with van der Waals surface area (Å²) >= 11 is 0. The van der Waals surface area contributed by atoms with Crippen LogP contribution in [0.3, 0.4) is 0 Å². The van der Waals surface area contributed by atoms with Gasteiger partial charge in [-0.1, -0.05) is 30.3 Å². The first-order valence-electron chi connectivity index (χ1n) is 8.69.